The molecule has 1 aliphatic carbocycles. The van der Waals surface area contributed by atoms with Crippen LogP contribution in [0.2, 0.25) is 0 Å². The second-order valence-corrected chi connectivity index (χ2v) is 10.6. The number of nitrogens with one attached hydrogen (secondary N) is 2. The minimum Gasteiger partial charge on any atom is -0.462 e. The highest BCUT2D eigenvalue weighted by molar-refractivity contribution is 7.80. The van der Waals surface area contributed by atoms with E-state index in [0.29, 0.717) is 28.0 Å². The number of rotatable bonds is 6. The van der Waals surface area contributed by atoms with E-state index in [1.807, 2.05) is 11.4 Å². The Morgan fingerprint density at radius 3 is 2.73 bits per heavy atom. The lowest BCUT2D eigenvalue weighted by Crippen LogP contribution is -2.33. The highest BCUT2D eigenvalue weighted by atomic mass is 32.1. The number of thiophene rings is 2. The van der Waals surface area contributed by atoms with Crippen LogP contribution in [-0.4, -0.2) is 23.6 Å². The van der Waals surface area contributed by atoms with Crippen LogP contribution in [0.3, 0.4) is 0 Å². The molecule has 3 rings (SSSR count). The van der Waals surface area contributed by atoms with Crippen molar-refractivity contribution in [1.82, 2.24) is 5.32 Å². The molecule has 2 N–H and O–H groups in total. The maximum absolute atomic E-state index is 12.7. The molecule has 1 amide bonds. The van der Waals surface area contributed by atoms with E-state index in [1.54, 1.807) is 24.3 Å². The number of hydrogen-bond donors (Lipinski definition) is 2. The van der Waals surface area contributed by atoms with Crippen molar-refractivity contribution in [2.75, 3.05) is 11.9 Å². The third-order valence-corrected chi connectivity index (χ3v) is 8.20. The van der Waals surface area contributed by atoms with Crippen LogP contribution in [-0.2, 0) is 17.6 Å². The first-order valence-electron chi connectivity index (χ1n) is 10.2. The van der Waals surface area contributed by atoms with Crippen LogP contribution >= 0.6 is 34.9 Å². The highest BCUT2D eigenvalue weighted by Crippen LogP contribution is 2.45. The lowest BCUT2D eigenvalue weighted by molar-refractivity contribution is 0.0526. The summed E-state index contributed by atoms with van der Waals surface area (Å²) in [4.78, 5) is 26.8. The zero-order valence-corrected chi connectivity index (χ0v) is 20.2. The van der Waals surface area contributed by atoms with Gasteiger partial charge in [0.05, 0.1) is 17.0 Å². The minimum atomic E-state index is -0.335. The molecular formula is C22H28N2O3S3. The number of esters is 1. The van der Waals surface area contributed by atoms with Crippen molar-refractivity contribution in [2.24, 2.45) is 11.3 Å². The second kappa shape index (κ2) is 9.58. The van der Waals surface area contributed by atoms with Gasteiger partial charge in [-0.3, -0.25) is 10.1 Å². The number of anilines is 1. The predicted molar refractivity (Wildman–Crippen MR) is 128 cm³/mol. The Balaban J connectivity index is 1.84. The maximum atomic E-state index is 12.7. The first kappa shape index (κ1) is 22.9. The zero-order valence-electron chi connectivity index (χ0n) is 17.8. The summed E-state index contributed by atoms with van der Waals surface area (Å²) in [7, 11) is 0. The summed E-state index contributed by atoms with van der Waals surface area (Å²) in [5.41, 5.74) is 1.89. The van der Waals surface area contributed by atoms with Crippen molar-refractivity contribution in [3.05, 3.63) is 38.4 Å². The Morgan fingerprint density at radius 1 is 1.33 bits per heavy atom. The summed E-state index contributed by atoms with van der Waals surface area (Å²) in [6.45, 7) is 8.98. The van der Waals surface area contributed by atoms with E-state index in [2.05, 4.69) is 31.4 Å². The second-order valence-electron chi connectivity index (χ2n) is 8.10. The summed E-state index contributed by atoms with van der Waals surface area (Å²) in [5, 5.41) is 8.47. The van der Waals surface area contributed by atoms with Crippen LogP contribution in [0.25, 0.3) is 0 Å². The molecule has 1 aliphatic rings. The first-order chi connectivity index (χ1) is 14.3. The third kappa shape index (κ3) is 4.92. The Hall–Kier alpha value is -1.77. The molecule has 0 radical (unpaired) electrons. The highest BCUT2D eigenvalue weighted by Gasteiger charge is 2.35. The van der Waals surface area contributed by atoms with Gasteiger partial charge in [0.2, 0.25) is 0 Å². The fraction of sp³-hybridized carbons (Fsp3) is 0.500. The maximum Gasteiger partial charge on any atom is 0.341 e. The molecule has 0 aliphatic heterocycles. The molecule has 1 atom stereocenters. The van der Waals surface area contributed by atoms with Crippen molar-refractivity contribution in [3.63, 3.8) is 0 Å². The fourth-order valence-electron chi connectivity index (χ4n) is 3.76. The number of hydrogen-bond acceptors (Lipinski definition) is 6. The largest absolute Gasteiger partial charge is 0.462 e. The lowest BCUT2D eigenvalue weighted by atomic mass is 9.69. The van der Waals surface area contributed by atoms with Crippen LogP contribution in [0.4, 0.5) is 5.00 Å². The zero-order chi connectivity index (χ0) is 21.9. The topological polar surface area (TPSA) is 67.4 Å². The molecule has 0 unspecified atom stereocenters. The van der Waals surface area contributed by atoms with Crippen molar-refractivity contribution in [3.8, 4) is 0 Å². The summed E-state index contributed by atoms with van der Waals surface area (Å²) in [6.07, 6.45) is 3.97. The van der Waals surface area contributed by atoms with E-state index in [9.17, 15) is 9.59 Å². The molecule has 0 spiro atoms. The van der Waals surface area contributed by atoms with Gasteiger partial charge in [-0.15, -0.1) is 22.7 Å². The van der Waals surface area contributed by atoms with Gasteiger partial charge in [-0.05, 0) is 66.7 Å². The number of amides is 1. The number of carbonyl (C=O) groups excluding carboxylic acids is 2. The molecule has 0 fully saturated rings. The van der Waals surface area contributed by atoms with Gasteiger partial charge in [-0.25, -0.2) is 4.79 Å². The van der Waals surface area contributed by atoms with Crippen LogP contribution < -0.4 is 10.6 Å². The average molecular weight is 465 g/mol. The summed E-state index contributed by atoms with van der Waals surface area (Å²) >= 11 is 8.26. The Labute approximate surface area is 191 Å². The van der Waals surface area contributed by atoms with Crippen LogP contribution in [0.5, 0.6) is 0 Å². The van der Waals surface area contributed by atoms with E-state index in [-0.39, 0.29) is 22.4 Å². The smallest absolute Gasteiger partial charge is 0.341 e. The van der Waals surface area contributed by atoms with E-state index >= 15 is 0 Å². The summed E-state index contributed by atoms with van der Waals surface area (Å²) in [6, 6.07) is 3.56. The van der Waals surface area contributed by atoms with E-state index < -0.39 is 0 Å². The molecule has 0 bridgehead atoms. The molecule has 2 aromatic heterocycles. The molecule has 0 saturated carbocycles. The Bertz CT molecular complexity index is 932. The average Bonchev–Trinajstić information content (AvgIpc) is 3.35. The van der Waals surface area contributed by atoms with Crippen molar-refractivity contribution in [2.45, 2.75) is 53.4 Å². The van der Waals surface area contributed by atoms with E-state index in [0.717, 1.165) is 31.2 Å². The minimum absolute atomic E-state index is 0.183. The first-order valence-corrected chi connectivity index (χ1v) is 12.3. The van der Waals surface area contributed by atoms with Gasteiger partial charge in [-0.1, -0.05) is 33.3 Å². The number of thiocarbonyl (C=S) groups is 1. The van der Waals surface area contributed by atoms with Crippen molar-refractivity contribution in [1.29, 1.82) is 0 Å². The van der Waals surface area contributed by atoms with Gasteiger partial charge in [0.1, 0.15) is 5.00 Å². The Morgan fingerprint density at radius 2 is 2.10 bits per heavy atom. The van der Waals surface area contributed by atoms with Crippen LogP contribution in [0.1, 0.15) is 71.0 Å². The fourth-order valence-corrected chi connectivity index (χ4v) is 5.95. The van der Waals surface area contributed by atoms with Gasteiger partial charge in [0.25, 0.3) is 5.91 Å². The SMILES string of the molecule is CCOC(=O)c1c(NC(=S)NC(=O)c2cccs2)sc2c1CC[C@H](C(C)(C)CC)C2. The van der Waals surface area contributed by atoms with Crippen LogP contribution in [0.15, 0.2) is 17.5 Å². The van der Waals surface area contributed by atoms with E-state index in [4.69, 9.17) is 17.0 Å². The molecule has 2 aromatic rings. The lowest BCUT2D eigenvalue weighted by Gasteiger charge is -2.36. The normalized spacial score (nSPS) is 15.9. The Kier molecular flexibility index (Phi) is 7.31. The van der Waals surface area contributed by atoms with E-state index in [1.165, 1.54) is 16.2 Å². The van der Waals surface area contributed by atoms with Crippen molar-refractivity contribution < 1.29 is 14.3 Å². The van der Waals surface area contributed by atoms with Gasteiger partial charge in [0, 0.05) is 4.88 Å². The molecule has 2 heterocycles. The summed E-state index contributed by atoms with van der Waals surface area (Å²) < 4.78 is 5.33. The number of ether oxygens (including phenoxy) is 1. The summed E-state index contributed by atoms with van der Waals surface area (Å²) in [5.74, 6) is -0.0219. The van der Waals surface area contributed by atoms with Gasteiger partial charge >= 0.3 is 5.97 Å². The third-order valence-electron chi connectivity index (χ3n) is 5.96. The molecule has 0 aromatic carbocycles. The van der Waals surface area contributed by atoms with Crippen molar-refractivity contribution >= 4 is 56.9 Å². The molecule has 0 saturated heterocycles. The van der Waals surface area contributed by atoms with Gasteiger partial charge in [0.15, 0.2) is 5.11 Å². The molecule has 5 nitrogen and oxygen atoms in total. The van der Waals surface area contributed by atoms with Crippen LogP contribution in [0, 0.1) is 11.3 Å². The molecular weight excluding hydrogens is 436 g/mol. The molecule has 8 heteroatoms. The molecule has 162 valence electrons. The van der Waals surface area contributed by atoms with Gasteiger partial charge in [-0.2, -0.15) is 0 Å². The number of carbonyl (C=O) groups is 2. The standard InChI is InChI=1S/C22H28N2O3S3/c1-5-22(3,4)13-9-10-14-16(12-13)30-19(17(14)20(26)27-6-2)24-21(28)23-18(25)15-8-7-11-29-15/h7-8,11,13H,5-6,9-10,12H2,1-4H3,(H2,23,24,25,28)/t13-/m0/s1. The number of fused-ring (bicyclic) bond motifs is 1. The molecule has 30 heavy (non-hydrogen) atoms. The monoisotopic (exact) mass is 464 g/mol. The quantitative estimate of drug-likeness (QED) is 0.427. The van der Waals surface area contributed by atoms with Gasteiger partial charge < -0.3 is 10.1 Å². The predicted octanol–water partition coefficient (Wildman–Crippen LogP) is 5.65.